The van der Waals surface area contributed by atoms with E-state index in [0.29, 0.717) is 6.61 Å². The van der Waals surface area contributed by atoms with Crippen molar-refractivity contribution in [3.63, 3.8) is 0 Å². The van der Waals surface area contributed by atoms with Crippen LogP contribution in [0, 0.1) is 13.8 Å². The molecular weight excluding hydrogens is 464 g/mol. The minimum absolute atomic E-state index is 0.0110. The van der Waals surface area contributed by atoms with Gasteiger partial charge < -0.3 is 9.84 Å². The molecule has 1 aliphatic heterocycles. The van der Waals surface area contributed by atoms with E-state index >= 15 is 0 Å². The number of carbonyl (C=O) groups is 1. The molecular formula is C30H34N4O3. The number of hydrogen-bond acceptors (Lipinski definition) is 5. The molecule has 0 saturated heterocycles. The summed E-state index contributed by atoms with van der Waals surface area (Å²) in [7, 11) is 1.87. The minimum atomic E-state index is -0.822. The highest BCUT2D eigenvalue weighted by Gasteiger charge is 2.24. The van der Waals surface area contributed by atoms with Gasteiger partial charge in [-0.05, 0) is 65.8 Å². The van der Waals surface area contributed by atoms with Crippen molar-refractivity contribution >= 4 is 17.0 Å². The Labute approximate surface area is 217 Å². The van der Waals surface area contributed by atoms with Gasteiger partial charge in [-0.2, -0.15) is 0 Å². The largest absolute Gasteiger partial charge is 0.481 e. The van der Waals surface area contributed by atoms with Crippen LogP contribution in [0.15, 0.2) is 54.6 Å². The fourth-order valence-electron chi connectivity index (χ4n) is 5.45. The number of aromatic nitrogens is 3. The lowest BCUT2D eigenvalue weighted by atomic mass is 9.84. The third kappa shape index (κ3) is 5.29. The molecule has 37 heavy (non-hydrogen) atoms. The lowest BCUT2D eigenvalue weighted by molar-refractivity contribution is -0.137. The van der Waals surface area contributed by atoms with E-state index in [1.165, 1.54) is 22.3 Å². The van der Waals surface area contributed by atoms with E-state index in [0.717, 1.165) is 47.4 Å². The van der Waals surface area contributed by atoms with Gasteiger partial charge >= 0.3 is 5.97 Å². The molecule has 4 aromatic rings. The quantitative estimate of drug-likeness (QED) is 0.398. The van der Waals surface area contributed by atoms with E-state index in [1.54, 1.807) is 4.68 Å². The number of benzene rings is 3. The van der Waals surface area contributed by atoms with E-state index in [2.05, 4.69) is 71.5 Å². The predicted molar refractivity (Wildman–Crippen MR) is 143 cm³/mol. The number of aliphatic carboxylic acids is 1. The molecule has 1 unspecified atom stereocenters. The van der Waals surface area contributed by atoms with Crippen molar-refractivity contribution in [3.8, 4) is 0 Å². The van der Waals surface area contributed by atoms with Crippen LogP contribution in [0.2, 0.25) is 0 Å². The Morgan fingerprint density at radius 2 is 1.92 bits per heavy atom. The van der Waals surface area contributed by atoms with Crippen molar-refractivity contribution < 1.29 is 14.6 Å². The maximum Gasteiger partial charge on any atom is 0.304 e. The first-order valence-electron chi connectivity index (χ1n) is 12.8. The Kier molecular flexibility index (Phi) is 7.09. The van der Waals surface area contributed by atoms with Gasteiger partial charge in [0.15, 0.2) is 0 Å². The Balaban J connectivity index is 1.50. The van der Waals surface area contributed by atoms with Crippen LogP contribution in [-0.2, 0) is 36.3 Å². The summed E-state index contributed by atoms with van der Waals surface area (Å²) in [6.07, 6.45) is 0.134. The van der Waals surface area contributed by atoms with Crippen LogP contribution in [0.5, 0.6) is 0 Å². The molecule has 0 radical (unpaired) electrons. The highest BCUT2D eigenvalue weighted by molar-refractivity contribution is 5.80. The van der Waals surface area contributed by atoms with E-state index in [4.69, 9.17) is 4.74 Å². The Morgan fingerprint density at radius 1 is 1.14 bits per heavy atom. The third-order valence-corrected chi connectivity index (χ3v) is 7.55. The van der Waals surface area contributed by atoms with Crippen LogP contribution in [-0.4, -0.2) is 43.6 Å². The van der Waals surface area contributed by atoms with Gasteiger partial charge in [0.05, 0.1) is 24.6 Å². The number of nitrogens with zero attached hydrogens (tertiary/aromatic N) is 4. The maximum absolute atomic E-state index is 12.0. The molecule has 2 atom stereocenters. The van der Waals surface area contributed by atoms with Crippen molar-refractivity contribution in [1.29, 1.82) is 0 Å². The van der Waals surface area contributed by atoms with Gasteiger partial charge in [0, 0.05) is 32.6 Å². The van der Waals surface area contributed by atoms with Crippen LogP contribution >= 0.6 is 0 Å². The number of aryl methyl sites for hydroxylation is 3. The number of carboxylic acid groups (broad SMARTS) is 1. The van der Waals surface area contributed by atoms with Gasteiger partial charge in [-0.15, -0.1) is 5.10 Å². The molecule has 7 nitrogen and oxygen atoms in total. The molecule has 0 saturated carbocycles. The van der Waals surface area contributed by atoms with Crippen LogP contribution in [0.1, 0.15) is 58.2 Å². The molecule has 0 amide bonds. The van der Waals surface area contributed by atoms with E-state index < -0.39 is 5.97 Å². The average Bonchev–Trinajstić information content (AvgIpc) is 3.24. The highest BCUT2D eigenvalue weighted by Crippen LogP contribution is 2.34. The van der Waals surface area contributed by atoms with Gasteiger partial charge in [0.25, 0.3) is 0 Å². The van der Waals surface area contributed by atoms with E-state index in [-0.39, 0.29) is 18.4 Å². The van der Waals surface area contributed by atoms with Crippen LogP contribution in [0.4, 0.5) is 0 Å². The zero-order chi connectivity index (χ0) is 26.1. The predicted octanol–water partition coefficient (Wildman–Crippen LogP) is 5.11. The molecule has 0 fully saturated rings. The number of fused-ring (bicyclic) bond motifs is 2. The molecule has 5 rings (SSSR count). The summed E-state index contributed by atoms with van der Waals surface area (Å²) in [6, 6.07) is 18.9. The molecule has 2 heterocycles. The van der Waals surface area contributed by atoms with Crippen molar-refractivity contribution in [2.75, 3.05) is 6.54 Å². The fourth-order valence-corrected chi connectivity index (χ4v) is 5.45. The summed E-state index contributed by atoms with van der Waals surface area (Å²) in [5, 5.41) is 18.3. The zero-order valence-electron chi connectivity index (χ0n) is 21.9. The fraction of sp³-hybridized carbons (Fsp3) is 0.367. The Morgan fingerprint density at radius 3 is 2.70 bits per heavy atom. The molecule has 1 aliphatic rings. The van der Waals surface area contributed by atoms with Gasteiger partial charge in [-0.25, -0.2) is 4.68 Å². The van der Waals surface area contributed by atoms with Gasteiger partial charge in [-0.3, -0.25) is 9.69 Å². The highest BCUT2D eigenvalue weighted by atomic mass is 16.5. The van der Waals surface area contributed by atoms with Crippen LogP contribution < -0.4 is 0 Å². The number of carboxylic acids is 1. The first-order chi connectivity index (χ1) is 17.8. The first-order valence-corrected chi connectivity index (χ1v) is 12.8. The Hall–Kier alpha value is -3.55. The monoisotopic (exact) mass is 498 g/mol. The minimum Gasteiger partial charge on any atom is -0.481 e. The summed E-state index contributed by atoms with van der Waals surface area (Å²) in [5.41, 5.74) is 9.65. The second-order valence-corrected chi connectivity index (χ2v) is 10.3. The maximum atomic E-state index is 12.0. The van der Waals surface area contributed by atoms with Gasteiger partial charge in [-0.1, -0.05) is 53.7 Å². The second kappa shape index (κ2) is 10.4. The molecule has 0 aliphatic carbocycles. The molecule has 7 heteroatoms. The topological polar surface area (TPSA) is 80.5 Å². The SMILES string of the molecule is Cc1ccc(C(CC(=O)O)c2ccc3c(nnn3C)c2C)cc1CN1Cc2ccccc2CO[C@@H](C)C1. The smallest absolute Gasteiger partial charge is 0.304 e. The molecule has 1 N–H and O–H groups in total. The van der Waals surface area contributed by atoms with Gasteiger partial charge in [0.1, 0.15) is 5.52 Å². The van der Waals surface area contributed by atoms with Crippen LogP contribution in [0.3, 0.4) is 0 Å². The normalized spacial score (nSPS) is 17.2. The van der Waals surface area contributed by atoms with E-state index in [9.17, 15) is 9.90 Å². The molecule has 0 spiro atoms. The average molecular weight is 499 g/mol. The molecule has 0 bridgehead atoms. The molecule has 3 aromatic carbocycles. The lowest BCUT2D eigenvalue weighted by Crippen LogP contribution is -2.34. The van der Waals surface area contributed by atoms with Gasteiger partial charge in [0.2, 0.25) is 0 Å². The first kappa shape index (κ1) is 25.1. The summed E-state index contributed by atoms with van der Waals surface area (Å²) in [4.78, 5) is 14.4. The lowest BCUT2D eigenvalue weighted by Gasteiger charge is -2.30. The van der Waals surface area contributed by atoms with Crippen LogP contribution in [0.25, 0.3) is 11.0 Å². The standard InChI is InChI=1S/C30H34N4O3/c1-19-9-10-22(27(14-29(35)36)26-11-12-28-30(21(26)3)31-32-33(28)4)13-25(19)17-34-15-20(2)37-18-24-8-6-5-7-23(24)16-34/h5-13,20,27H,14-18H2,1-4H3,(H,35,36)/t20-,27?/m0/s1. The number of rotatable bonds is 6. The summed E-state index contributed by atoms with van der Waals surface area (Å²) in [6.45, 7) is 9.36. The number of hydrogen-bond donors (Lipinski definition) is 1. The number of ether oxygens (including phenoxy) is 1. The zero-order valence-corrected chi connectivity index (χ0v) is 21.9. The van der Waals surface area contributed by atoms with Crippen molar-refractivity contribution in [1.82, 2.24) is 19.9 Å². The molecule has 192 valence electrons. The van der Waals surface area contributed by atoms with Crippen molar-refractivity contribution in [2.24, 2.45) is 7.05 Å². The third-order valence-electron chi connectivity index (χ3n) is 7.55. The summed E-state index contributed by atoms with van der Waals surface area (Å²) < 4.78 is 7.85. The van der Waals surface area contributed by atoms with Crippen molar-refractivity contribution in [2.45, 2.75) is 58.9 Å². The second-order valence-electron chi connectivity index (χ2n) is 10.3. The Bertz CT molecular complexity index is 1440. The van der Waals surface area contributed by atoms with E-state index in [1.807, 2.05) is 26.1 Å². The summed E-state index contributed by atoms with van der Waals surface area (Å²) in [5.74, 6) is -1.10. The van der Waals surface area contributed by atoms with Crippen molar-refractivity contribution in [3.05, 3.63) is 93.5 Å². The molecule has 1 aromatic heterocycles. The summed E-state index contributed by atoms with van der Waals surface area (Å²) >= 11 is 0.